The van der Waals surface area contributed by atoms with Crippen molar-refractivity contribution in [3.8, 4) is 0 Å². The zero-order chi connectivity index (χ0) is 21.3. The summed E-state index contributed by atoms with van der Waals surface area (Å²) in [5.74, 6) is -3.84. The highest BCUT2D eigenvalue weighted by Gasteiger charge is 2.49. The van der Waals surface area contributed by atoms with Crippen LogP contribution in [0.3, 0.4) is 0 Å². The third-order valence-electron chi connectivity index (χ3n) is 4.00. The Balaban J connectivity index is 0.000000445. The van der Waals surface area contributed by atoms with Crippen molar-refractivity contribution >= 4 is 5.97 Å². The van der Waals surface area contributed by atoms with Gasteiger partial charge < -0.3 is 20.7 Å². The number of benzene rings is 1. The van der Waals surface area contributed by atoms with Crippen LogP contribution in [0.1, 0.15) is 24.5 Å². The Morgan fingerprint density at radius 2 is 1.74 bits per heavy atom. The summed E-state index contributed by atoms with van der Waals surface area (Å²) >= 11 is 0. The molecule has 2 unspecified atom stereocenters. The van der Waals surface area contributed by atoms with Crippen LogP contribution in [0.2, 0.25) is 0 Å². The molecule has 1 aromatic carbocycles. The minimum absolute atomic E-state index is 0.107. The summed E-state index contributed by atoms with van der Waals surface area (Å²) in [4.78, 5) is 8.90. The Labute approximate surface area is 148 Å². The van der Waals surface area contributed by atoms with Gasteiger partial charge in [0.05, 0.1) is 17.7 Å². The van der Waals surface area contributed by atoms with E-state index in [9.17, 15) is 35.8 Å². The second-order valence-electron chi connectivity index (χ2n) is 6.04. The zero-order valence-electron chi connectivity index (χ0n) is 13.8. The van der Waals surface area contributed by atoms with Gasteiger partial charge in [-0.15, -0.1) is 0 Å². The second-order valence-corrected chi connectivity index (χ2v) is 6.04. The molecular formula is C15H16F7NO4. The van der Waals surface area contributed by atoms with Gasteiger partial charge in [-0.2, -0.15) is 26.3 Å². The molecule has 4 N–H and O–H groups in total. The third-order valence-corrected chi connectivity index (χ3v) is 4.00. The lowest BCUT2D eigenvalue weighted by Gasteiger charge is -2.46. The fourth-order valence-corrected chi connectivity index (χ4v) is 2.38. The predicted molar refractivity (Wildman–Crippen MR) is 77.0 cm³/mol. The van der Waals surface area contributed by atoms with E-state index in [1.54, 1.807) is 0 Å². The molecule has 27 heavy (non-hydrogen) atoms. The first-order valence-corrected chi connectivity index (χ1v) is 7.29. The molecule has 0 radical (unpaired) electrons. The van der Waals surface area contributed by atoms with Gasteiger partial charge >= 0.3 is 18.3 Å². The number of nitrogens with two attached hydrogens (primary N) is 1. The lowest BCUT2D eigenvalue weighted by atomic mass is 9.73. The molecule has 154 valence electrons. The fourth-order valence-electron chi connectivity index (χ4n) is 2.38. The van der Waals surface area contributed by atoms with E-state index in [0.717, 1.165) is 12.1 Å². The first-order chi connectivity index (χ1) is 12.0. The van der Waals surface area contributed by atoms with Crippen LogP contribution in [0.25, 0.3) is 0 Å². The molecule has 2 rings (SSSR count). The number of rotatable bonds is 1. The number of carboxylic acid groups (broad SMARTS) is 1. The number of carbonyl (C=O) groups is 1. The van der Waals surface area contributed by atoms with E-state index in [0.29, 0.717) is 6.07 Å². The topological polar surface area (TPSA) is 92.8 Å². The summed E-state index contributed by atoms with van der Waals surface area (Å²) in [5, 5.41) is 17.4. The van der Waals surface area contributed by atoms with Crippen LogP contribution in [-0.2, 0) is 21.2 Å². The maximum Gasteiger partial charge on any atom is 0.490 e. The van der Waals surface area contributed by atoms with Crippen molar-refractivity contribution in [2.75, 3.05) is 13.2 Å². The number of halogens is 7. The maximum absolute atomic E-state index is 14.0. The Kier molecular flexibility index (Phi) is 6.51. The molecule has 2 atom stereocenters. The molecule has 0 aromatic heterocycles. The van der Waals surface area contributed by atoms with Gasteiger partial charge in [0.1, 0.15) is 11.4 Å². The van der Waals surface area contributed by atoms with Crippen molar-refractivity contribution in [3.05, 3.63) is 35.1 Å². The zero-order valence-corrected chi connectivity index (χ0v) is 13.8. The molecule has 1 fully saturated rings. The van der Waals surface area contributed by atoms with Crippen molar-refractivity contribution in [3.63, 3.8) is 0 Å². The van der Waals surface area contributed by atoms with Gasteiger partial charge in [-0.25, -0.2) is 9.18 Å². The van der Waals surface area contributed by atoms with E-state index in [1.165, 1.54) is 6.92 Å². The van der Waals surface area contributed by atoms with Crippen LogP contribution in [0.5, 0.6) is 0 Å². The number of alkyl halides is 6. The van der Waals surface area contributed by atoms with E-state index in [4.69, 9.17) is 20.4 Å². The lowest BCUT2D eigenvalue weighted by molar-refractivity contribution is -0.192. The van der Waals surface area contributed by atoms with Gasteiger partial charge in [0.2, 0.25) is 0 Å². The fraction of sp³-hybridized carbons (Fsp3) is 0.533. The van der Waals surface area contributed by atoms with Crippen molar-refractivity contribution in [2.24, 2.45) is 5.73 Å². The molecule has 0 aliphatic carbocycles. The van der Waals surface area contributed by atoms with Gasteiger partial charge in [0.25, 0.3) is 0 Å². The first-order valence-electron chi connectivity index (χ1n) is 7.29. The van der Waals surface area contributed by atoms with Crippen LogP contribution in [0.4, 0.5) is 30.7 Å². The molecule has 1 aliphatic heterocycles. The standard InChI is InChI=1S/C13H15F4NO2.C2HF3O2/c1-11(19)7-20-5-4-12(11,18)9-3-2-8(6-10(9)14)13(15,16)17;3-2(4,5)1(6)7/h2-3,6,19H,4-5,7,18H2,1H3;(H,6,7). The third kappa shape index (κ3) is 5.30. The summed E-state index contributed by atoms with van der Waals surface area (Å²) in [6.07, 6.45) is -9.60. The Hall–Kier alpha value is -1.92. The van der Waals surface area contributed by atoms with Gasteiger partial charge in [-0.05, 0) is 25.5 Å². The molecule has 1 aliphatic rings. The number of hydrogen-bond acceptors (Lipinski definition) is 4. The molecule has 12 heteroatoms. The van der Waals surface area contributed by atoms with Gasteiger partial charge in [-0.1, -0.05) is 6.07 Å². The highest BCUT2D eigenvalue weighted by molar-refractivity contribution is 5.73. The summed E-state index contributed by atoms with van der Waals surface area (Å²) < 4.78 is 88.4. The smallest absolute Gasteiger partial charge is 0.475 e. The number of carboxylic acids is 1. The Morgan fingerprint density at radius 3 is 2.11 bits per heavy atom. The SMILES string of the molecule is CC1(O)COCCC1(N)c1ccc(C(F)(F)F)cc1F.O=C(O)C(F)(F)F. The molecule has 1 heterocycles. The number of aliphatic carboxylic acids is 1. The van der Waals surface area contributed by atoms with Crippen LogP contribution in [0, 0.1) is 5.82 Å². The van der Waals surface area contributed by atoms with E-state index >= 15 is 0 Å². The van der Waals surface area contributed by atoms with Crippen LogP contribution in [-0.4, -0.2) is 41.2 Å². The lowest BCUT2D eigenvalue weighted by Crippen LogP contribution is -2.62. The molecule has 1 saturated heterocycles. The molecule has 1 aromatic rings. The summed E-state index contributed by atoms with van der Waals surface area (Å²) in [6, 6.07) is 2.14. The van der Waals surface area contributed by atoms with Crippen molar-refractivity contribution < 1.29 is 50.5 Å². The largest absolute Gasteiger partial charge is 0.490 e. The van der Waals surface area contributed by atoms with Gasteiger partial charge in [0, 0.05) is 12.2 Å². The monoisotopic (exact) mass is 407 g/mol. The van der Waals surface area contributed by atoms with Crippen molar-refractivity contribution in [1.29, 1.82) is 0 Å². The van der Waals surface area contributed by atoms with Gasteiger partial charge in [0.15, 0.2) is 0 Å². The number of aliphatic hydroxyl groups is 1. The molecule has 5 nitrogen and oxygen atoms in total. The molecular weight excluding hydrogens is 391 g/mol. The molecule has 0 saturated carbocycles. The van der Waals surface area contributed by atoms with E-state index in [1.807, 2.05) is 0 Å². The summed E-state index contributed by atoms with van der Waals surface area (Å²) in [6.45, 7) is 1.47. The summed E-state index contributed by atoms with van der Waals surface area (Å²) in [5.41, 5.74) is 1.79. The highest BCUT2D eigenvalue weighted by Crippen LogP contribution is 2.40. The number of ether oxygens (including phenoxy) is 1. The van der Waals surface area contributed by atoms with Crippen LogP contribution >= 0.6 is 0 Å². The van der Waals surface area contributed by atoms with Crippen molar-refractivity contribution in [1.82, 2.24) is 0 Å². The minimum atomic E-state index is -5.08. The summed E-state index contributed by atoms with van der Waals surface area (Å²) in [7, 11) is 0. The van der Waals surface area contributed by atoms with E-state index in [-0.39, 0.29) is 25.2 Å². The maximum atomic E-state index is 14.0. The average Bonchev–Trinajstić information content (AvgIpc) is 2.49. The van der Waals surface area contributed by atoms with E-state index in [2.05, 4.69) is 0 Å². The Morgan fingerprint density at radius 1 is 1.22 bits per heavy atom. The predicted octanol–water partition coefficient (Wildman–Crippen LogP) is 2.80. The molecule has 0 bridgehead atoms. The average molecular weight is 407 g/mol. The van der Waals surface area contributed by atoms with Crippen LogP contribution < -0.4 is 5.73 Å². The minimum Gasteiger partial charge on any atom is -0.475 e. The quantitative estimate of drug-likeness (QED) is 0.623. The number of hydrogen-bond donors (Lipinski definition) is 3. The highest BCUT2D eigenvalue weighted by atomic mass is 19.4. The van der Waals surface area contributed by atoms with E-state index < -0.39 is 40.8 Å². The Bertz CT molecular complexity index is 688. The first kappa shape index (κ1) is 23.1. The normalized spacial score (nSPS) is 26.1. The van der Waals surface area contributed by atoms with Crippen molar-refractivity contribution in [2.45, 2.75) is 36.8 Å². The molecule has 0 spiro atoms. The second kappa shape index (κ2) is 7.60. The van der Waals surface area contributed by atoms with Crippen LogP contribution in [0.15, 0.2) is 18.2 Å². The van der Waals surface area contributed by atoms with Gasteiger partial charge in [-0.3, -0.25) is 0 Å². The molecule has 0 amide bonds.